The summed E-state index contributed by atoms with van der Waals surface area (Å²) in [6.07, 6.45) is 5.95. The number of fused-ring (bicyclic) bond motifs is 1. The number of aromatic nitrogens is 1. The van der Waals surface area contributed by atoms with Gasteiger partial charge in [0.25, 0.3) is 5.91 Å². The standard InChI is InChI=1S/C24H34N4O4/c1-16(22(31-2)20-10-7-11-25-20)23(29)27-21(24(30)28-12-5-6-13-32-28)14-17-15-26-19-9-4-3-8-18(17)19/h3-4,8-9,15-16,20-22,25-26H,5-7,10-14H2,1-2H3,(H,27,29)/t16-,20?,21+,22-/m1/s1. The number of benzene rings is 1. The monoisotopic (exact) mass is 442 g/mol. The maximum absolute atomic E-state index is 13.3. The van der Waals surface area contributed by atoms with Crippen molar-refractivity contribution in [3.05, 3.63) is 36.0 Å². The second kappa shape index (κ2) is 10.5. The van der Waals surface area contributed by atoms with E-state index in [0.29, 0.717) is 19.6 Å². The number of carbonyl (C=O) groups excluding carboxylic acids is 2. The molecule has 2 aromatic rings. The summed E-state index contributed by atoms with van der Waals surface area (Å²) in [7, 11) is 1.64. The number of hydroxylamine groups is 2. The van der Waals surface area contributed by atoms with Crippen LogP contribution in [0.2, 0.25) is 0 Å². The number of H-pyrrole nitrogens is 1. The lowest BCUT2D eigenvalue weighted by Gasteiger charge is -2.32. The third-order valence-corrected chi connectivity index (χ3v) is 6.64. The van der Waals surface area contributed by atoms with E-state index in [1.165, 1.54) is 5.06 Å². The van der Waals surface area contributed by atoms with Gasteiger partial charge in [-0.05, 0) is 43.9 Å². The average Bonchev–Trinajstić information content (AvgIpc) is 3.50. The highest BCUT2D eigenvalue weighted by Crippen LogP contribution is 2.22. The fourth-order valence-corrected chi connectivity index (χ4v) is 4.83. The van der Waals surface area contributed by atoms with Crippen LogP contribution in [0, 0.1) is 5.92 Å². The molecule has 8 nitrogen and oxygen atoms in total. The quantitative estimate of drug-likeness (QED) is 0.582. The van der Waals surface area contributed by atoms with Crippen LogP contribution in [0.25, 0.3) is 10.9 Å². The molecule has 1 unspecified atom stereocenters. The summed E-state index contributed by atoms with van der Waals surface area (Å²) >= 11 is 0. The Morgan fingerprint density at radius 2 is 2.12 bits per heavy atom. The van der Waals surface area contributed by atoms with E-state index in [-0.39, 0.29) is 24.0 Å². The predicted molar refractivity (Wildman–Crippen MR) is 122 cm³/mol. The van der Waals surface area contributed by atoms with E-state index in [9.17, 15) is 9.59 Å². The molecule has 0 radical (unpaired) electrons. The largest absolute Gasteiger partial charge is 0.379 e. The molecule has 3 N–H and O–H groups in total. The van der Waals surface area contributed by atoms with Gasteiger partial charge in [-0.1, -0.05) is 25.1 Å². The first-order valence-electron chi connectivity index (χ1n) is 11.6. The average molecular weight is 443 g/mol. The first kappa shape index (κ1) is 22.8. The molecule has 0 aliphatic carbocycles. The Hall–Kier alpha value is -2.42. The zero-order chi connectivity index (χ0) is 22.5. The van der Waals surface area contributed by atoms with Crippen molar-refractivity contribution in [1.82, 2.24) is 20.7 Å². The maximum Gasteiger partial charge on any atom is 0.269 e. The number of amides is 2. The van der Waals surface area contributed by atoms with Gasteiger partial charge in [-0.15, -0.1) is 0 Å². The first-order valence-corrected chi connectivity index (χ1v) is 11.6. The zero-order valence-electron chi connectivity index (χ0n) is 18.9. The van der Waals surface area contributed by atoms with Crippen LogP contribution in [0.1, 0.15) is 38.2 Å². The highest BCUT2D eigenvalue weighted by atomic mass is 16.7. The molecule has 0 saturated carbocycles. The Balaban J connectivity index is 1.52. The van der Waals surface area contributed by atoms with Gasteiger partial charge in [0.1, 0.15) is 6.04 Å². The lowest BCUT2D eigenvalue weighted by atomic mass is 9.94. The van der Waals surface area contributed by atoms with Crippen LogP contribution in [0.5, 0.6) is 0 Å². The number of hydrogen-bond acceptors (Lipinski definition) is 5. The number of carbonyl (C=O) groups is 2. The Morgan fingerprint density at radius 3 is 2.84 bits per heavy atom. The number of aromatic amines is 1. The summed E-state index contributed by atoms with van der Waals surface area (Å²) in [5.41, 5.74) is 2.00. The molecule has 3 heterocycles. The molecule has 4 atom stereocenters. The second-order valence-corrected chi connectivity index (χ2v) is 8.80. The molecule has 2 saturated heterocycles. The number of ether oxygens (including phenoxy) is 1. The van der Waals surface area contributed by atoms with Crippen LogP contribution in [-0.2, 0) is 25.6 Å². The van der Waals surface area contributed by atoms with Gasteiger partial charge >= 0.3 is 0 Å². The number of nitrogens with zero attached hydrogens (tertiary/aromatic N) is 1. The minimum atomic E-state index is -0.712. The summed E-state index contributed by atoms with van der Waals surface area (Å²) in [6.45, 7) is 3.87. The van der Waals surface area contributed by atoms with E-state index in [4.69, 9.17) is 9.57 Å². The molecule has 8 heteroatoms. The number of methoxy groups -OCH3 is 1. The highest BCUT2D eigenvalue weighted by molar-refractivity contribution is 5.90. The SMILES string of the molecule is CO[C@@H](C1CCCN1)[C@@H](C)C(=O)N[C@@H](Cc1c[nH]c2ccccc12)C(=O)N1CCCCO1. The maximum atomic E-state index is 13.3. The van der Waals surface area contributed by atoms with Gasteiger partial charge < -0.3 is 20.4 Å². The van der Waals surface area contributed by atoms with Crippen molar-refractivity contribution in [3.8, 4) is 0 Å². The van der Waals surface area contributed by atoms with Crippen LogP contribution >= 0.6 is 0 Å². The molecule has 1 aromatic carbocycles. The van der Waals surface area contributed by atoms with E-state index < -0.39 is 12.0 Å². The van der Waals surface area contributed by atoms with Gasteiger partial charge in [0.15, 0.2) is 0 Å². The van der Waals surface area contributed by atoms with E-state index in [1.807, 2.05) is 37.4 Å². The lowest BCUT2D eigenvalue weighted by molar-refractivity contribution is -0.199. The van der Waals surface area contributed by atoms with Gasteiger partial charge in [0.05, 0.1) is 18.6 Å². The molecule has 2 amide bonds. The predicted octanol–water partition coefficient (Wildman–Crippen LogP) is 2.15. The van der Waals surface area contributed by atoms with E-state index in [2.05, 4.69) is 15.6 Å². The van der Waals surface area contributed by atoms with Gasteiger partial charge in [0.2, 0.25) is 5.91 Å². The van der Waals surface area contributed by atoms with E-state index in [0.717, 1.165) is 48.7 Å². The Labute approximate surface area is 189 Å². The Morgan fingerprint density at radius 1 is 1.28 bits per heavy atom. The van der Waals surface area contributed by atoms with Crippen molar-refractivity contribution < 1.29 is 19.2 Å². The fourth-order valence-electron chi connectivity index (χ4n) is 4.83. The summed E-state index contributed by atoms with van der Waals surface area (Å²) < 4.78 is 5.69. The molecular formula is C24H34N4O4. The minimum absolute atomic E-state index is 0.147. The summed E-state index contributed by atoms with van der Waals surface area (Å²) in [5.74, 6) is -0.777. The second-order valence-electron chi connectivity index (χ2n) is 8.80. The van der Waals surface area contributed by atoms with Gasteiger partial charge in [-0.3, -0.25) is 14.4 Å². The fraction of sp³-hybridized carbons (Fsp3) is 0.583. The Kier molecular flexibility index (Phi) is 7.44. The summed E-state index contributed by atoms with van der Waals surface area (Å²) in [4.78, 5) is 35.5. The van der Waals surface area contributed by atoms with Gasteiger partial charge in [0, 0.05) is 43.2 Å². The molecule has 4 rings (SSSR count). The van der Waals surface area contributed by atoms with Crippen molar-refractivity contribution in [3.63, 3.8) is 0 Å². The number of hydrogen-bond donors (Lipinski definition) is 3. The molecule has 0 bridgehead atoms. The lowest BCUT2D eigenvalue weighted by Crippen LogP contribution is -2.54. The van der Waals surface area contributed by atoms with Crippen LogP contribution in [0.3, 0.4) is 0 Å². The third-order valence-electron chi connectivity index (χ3n) is 6.64. The summed E-state index contributed by atoms with van der Waals surface area (Å²) in [5, 5.41) is 8.92. The van der Waals surface area contributed by atoms with E-state index in [1.54, 1.807) is 7.11 Å². The number of rotatable bonds is 8. The number of para-hydroxylation sites is 1. The van der Waals surface area contributed by atoms with Crippen molar-refractivity contribution in [2.75, 3.05) is 26.8 Å². The zero-order valence-corrected chi connectivity index (χ0v) is 18.9. The minimum Gasteiger partial charge on any atom is -0.379 e. The molecule has 2 aliphatic rings. The van der Waals surface area contributed by atoms with E-state index >= 15 is 0 Å². The van der Waals surface area contributed by atoms with Crippen molar-refractivity contribution in [2.24, 2.45) is 5.92 Å². The molecule has 32 heavy (non-hydrogen) atoms. The number of nitrogens with one attached hydrogen (secondary N) is 3. The van der Waals surface area contributed by atoms with Gasteiger partial charge in [-0.25, -0.2) is 5.06 Å². The van der Waals surface area contributed by atoms with Crippen molar-refractivity contribution >= 4 is 22.7 Å². The first-order chi connectivity index (χ1) is 15.6. The van der Waals surface area contributed by atoms with Crippen LogP contribution in [-0.4, -0.2) is 66.9 Å². The molecule has 2 fully saturated rings. The molecular weight excluding hydrogens is 408 g/mol. The highest BCUT2D eigenvalue weighted by Gasteiger charge is 2.36. The Bertz CT molecular complexity index is 918. The molecule has 2 aliphatic heterocycles. The van der Waals surface area contributed by atoms with Crippen molar-refractivity contribution in [1.29, 1.82) is 0 Å². The smallest absolute Gasteiger partial charge is 0.269 e. The van der Waals surface area contributed by atoms with Crippen LogP contribution in [0.4, 0.5) is 0 Å². The van der Waals surface area contributed by atoms with Gasteiger partial charge in [-0.2, -0.15) is 0 Å². The topological polar surface area (TPSA) is 95.7 Å². The third kappa shape index (κ3) is 4.98. The molecule has 0 spiro atoms. The van der Waals surface area contributed by atoms with Crippen LogP contribution in [0.15, 0.2) is 30.5 Å². The summed E-state index contributed by atoms with van der Waals surface area (Å²) in [6, 6.07) is 7.41. The normalized spacial score (nSPS) is 21.9. The van der Waals surface area contributed by atoms with Crippen LogP contribution < -0.4 is 10.6 Å². The molecule has 174 valence electrons. The molecule has 1 aromatic heterocycles. The van der Waals surface area contributed by atoms with Crippen molar-refractivity contribution in [2.45, 2.75) is 57.2 Å².